The van der Waals surface area contributed by atoms with Gasteiger partial charge in [-0.1, -0.05) is 37.9 Å². The fourth-order valence-corrected chi connectivity index (χ4v) is 1.94. The van der Waals surface area contributed by atoms with Gasteiger partial charge in [0.05, 0.1) is 23.5 Å². The molecule has 0 radical (unpaired) electrons. The summed E-state index contributed by atoms with van der Waals surface area (Å²) < 4.78 is 9.64. The van der Waals surface area contributed by atoms with Gasteiger partial charge in [-0.15, -0.1) is 0 Å². The molecular formula is C10H10Br2O3. The van der Waals surface area contributed by atoms with Crippen LogP contribution in [0.3, 0.4) is 0 Å². The Balaban J connectivity index is 3.22. The highest BCUT2D eigenvalue weighted by Gasteiger charge is 2.16. The summed E-state index contributed by atoms with van der Waals surface area (Å²) in [6.45, 7) is 0. The van der Waals surface area contributed by atoms with Gasteiger partial charge in [0.15, 0.2) is 0 Å². The third-order valence-electron chi connectivity index (χ3n) is 1.90. The molecule has 0 amide bonds. The van der Waals surface area contributed by atoms with Gasteiger partial charge < -0.3 is 9.47 Å². The summed E-state index contributed by atoms with van der Waals surface area (Å²) >= 11 is 6.69. The molecule has 0 aliphatic rings. The summed E-state index contributed by atoms with van der Waals surface area (Å²) in [7, 11) is 2.90. The highest BCUT2D eigenvalue weighted by molar-refractivity contribution is 9.24. The van der Waals surface area contributed by atoms with Crippen molar-refractivity contribution in [2.75, 3.05) is 14.2 Å². The molecule has 1 aromatic carbocycles. The van der Waals surface area contributed by atoms with Crippen molar-refractivity contribution in [2.24, 2.45) is 0 Å². The van der Waals surface area contributed by atoms with Crippen LogP contribution in [0.5, 0.6) is 5.75 Å². The van der Waals surface area contributed by atoms with E-state index in [2.05, 4.69) is 31.9 Å². The van der Waals surface area contributed by atoms with Gasteiger partial charge in [0.2, 0.25) is 0 Å². The third kappa shape index (κ3) is 2.95. The van der Waals surface area contributed by atoms with Crippen molar-refractivity contribution in [3.8, 4) is 5.75 Å². The lowest BCUT2D eigenvalue weighted by molar-refractivity contribution is 0.0599. The number of halogens is 2. The molecule has 15 heavy (non-hydrogen) atoms. The highest BCUT2D eigenvalue weighted by atomic mass is 79.9. The summed E-state index contributed by atoms with van der Waals surface area (Å²) in [6.07, 6.45) is 0. The first-order valence-electron chi connectivity index (χ1n) is 4.14. The molecule has 82 valence electrons. The molecule has 0 fully saturated rings. The van der Waals surface area contributed by atoms with E-state index in [0.29, 0.717) is 11.3 Å². The Morgan fingerprint density at radius 3 is 2.47 bits per heavy atom. The van der Waals surface area contributed by atoms with Crippen molar-refractivity contribution in [1.29, 1.82) is 0 Å². The van der Waals surface area contributed by atoms with Gasteiger partial charge in [0.25, 0.3) is 0 Å². The maximum Gasteiger partial charge on any atom is 0.338 e. The van der Waals surface area contributed by atoms with E-state index in [4.69, 9.17) is 9.47 Å². The maximum absolute atomic E-state index is 11.5. The SMILES string of the molecule is COC(=O)c1cc(OC)ccc1C(Br)Br. The van der Waals surface area contributed by atoms with Crippen LogP contribution in [-0.4, -0.2) is 20.2 Å². The van der Waals surface area contributed by atoms with E-state index in [1.54, 1.807) is 25.3 Å². The Bertz CT molecular complexity index is 364. The summed E-state index contributed by atoms with van der Waals surface area (Å²) in [5, 5.41) is 0. The van der Waals surface area contributed by atoms with Gasteiger partial charge in [-0.05, 0) is 17.7 Å². The van der Waals surface area contributed by atoms with Crippen molar-refractivity contribution < 1.29 is 14.3 Å². The molecule has 0 aliphatic heterocycles. The zero-order valence-electron chi connectivity index (χ0n) is 8.29. The molecule has 0 spiro atoms. The smallest absolute Gasteiger partial charge is 0.338 e. The standard InChI is InChI=1S/C10H10Br2O3/c1-14-6-3-4-7(9(11)12)8(5-6)10(13)15-2/h3-5,9H,1-2H3. The van der Waals surface area contributed by atoms with Crippen LogP contribution in [0.2, 0.25) is 0 Å². The van der Waals surface area contributed by atoms with Gasteiger partial charge in [-0.25, -0.2) is 4.79 Å². The number of ether oxygens (including phenoxy) is 2. The first-order chi connectivity index (χ1) is 7.10. The molecule has 3 nitrogen and oxygen atoms in total. The minimum Gasteiger partial charge on any atom is -0.497 e. The average molecular weight is 338 g/mol. The Morgan fingerprint density at radius 2 is 2.00 bits per heavy atom. The van der Waals surface area contributed by atoms with Crippen molar-refractivity contribution in [3.63, 3.8) is 0 Å². The Kier molecular flexibility index (Phi) is 4.60. The second kappa shape index (κ2) is 5.51. The summed E-state index contributed by atoms with van der Waals surface area (Å²) in [5.74, 6) is 0.243. The van der Waals surface area contributed by atoms with Crippen LogP contribution in [-0.2, 0) is 4.74 Å². The molecule has 0 N–H and O–H groups in total. The van der Waals surface area contributed by atoms with Crippen molar-refractivity contribution in [2.45, 2.75) is 3.74 Å². The lowest BCUT2D eigenvalue weighted by atomic mass is 10.1. The molecule has 0 heterocycles. The zero-order valence-corrected chi connectivity index (χ0v) is 11.5. The number of carbonyl (C=O) groups is 1. The van der Waals surface area contributed by atoms with Crippen molar-refractivity contribution in [3.05, 3.63) is 29.3 Å². The number of hydrogen-bond donors (Lipinski definition) is 0. The number of hydrogen-bond acceptors (Lipinski definition) is 3. The van der Waals surface area contributed by atoms with E-state index in [-0.39, 0.29) is 9.71 Å². The number of rotatable bonds is 3. The lowest BCUT2D eigenvalue weighted by Crippen LogP contribution is -2.05. The van der Waals surface area contributed by atoms with E-state index < -0.39 is 0 Å². The second-order valence-electron chi connectivity index (χ2n) is 2.75. The first kappa shape index (κ1) is 12.5. The largest absolute Gasteiger partial charge is 0.497 e. The third-order valence-corrected chi connectivity index (χ3v) is 2.89. The van der Waals surface area contributed by atoms with Crippen molar-refractivity contribution in [1.82, 2.24) is 0 Å². The van der Waals surface area contributed by atoms with Crippen LogP contribution >= 0.6 is 31.9 Å². The Morgan fingerprint density at radius 1 is 1.33 bits per heavy atom. The number of methoxy groups -OCH3 is 2. The normalized spacial score (nSPS) is 10.2. The summed E-state index contributed by atoms with van der Waals surface area (Å²) in [4.78, 5) is 11.5. The van der Waals surface area contributed by atoms with Crippen molar-refractivity contribution >= 4 is 37.8 Å². The number of benzene rings is 1. The number of alkyl halides is 2. The zero-order chi connectivity index (χ0) is 11.4. The molecule has 0 saturated carbocycles. The summed E-state index contributed by atoms with van der Waals surface area (Å²) in [5.41, 5.74) is 1.29. The van der Waals surface area contributed by atoms with Crippen LogP contribution in [0.1, 0.15) is 19.7 Å². The van der Waals surface area contributed by atoms with E-state index in [9.17, 15) is 4.79 Å². The van der Waals surface area contributed by atoms with E-state index in [1.165, 1.54) is 7.11 Å². The van der Waals surface area contributed by atoms with Gasteiger partial charge in [0, 0.05) is 0 Å². The Hall–Kier alpha value is -0.550. The monoisotopic (exact) mass is 336 g/mol. The molecule has 0 aromatic heterocycles. The first-order valence-corrected chi connectivity index (χ1v) is 5.97. The van der Waals surface area contributed by atoms with Crippen LogP contribution in [0.15, 0.2) is 18.2 Å². The van der Waals surface area contributed by atoms with Crippen LogP contribution in [0, 0.1) is 0 Å². The second-order valence-corrected chi connectivity index (χ2v) is 5.81. The fraction of sp³-hybridized carbons (Fsp3) is 0.300. The Labute approximate surface area is 105 Å². The van der Waals surface area contributed by atoms with Gasteiger partial charge in [-0.2, -0.15) is 0 Å². The van der Waals surface area contributed by atoms with E-state index in [1.807, 2.05) is 0 Å². The van der Waals surface area contributed by atoms with Gasteiger partial charge >= 0.3 is 5.97 Å². The van der Waals surface area contributed by atoms with Gasteiger partial charge in [-0.3, -0.25) is 0 Å². The predicted molar refractivity (Wildman–Crippen MR) is 64.9 cm³/mol. The van der Waals surface area contributed by atoms with E-state index in [0.717, 1.165) is 5.56 Å². The molecule has 5 heteroatoms. The topological polar surface area (TPSA) is 35.5 Å². The van der Waals surface area contributed by atoms with Crippen LogP contribution in [0.4, 0.5) is 0 Å². The van der Waals surface area contributed by atoms with Crippen LogP contribution in [0.25, 0.3) is 0 Å². The predicted octanol–water partition coefficient (Wildman–Crippen LogP) is 3.27. The minimum absolute atomic E-state index is 0.0926. The van der Waals surface area contributed by atoms with E-state index >= 15 is 0 Å². The molecule has 0 atom stereocenters. The molecular weight excluding hydrogens is 328 g/mol. The minimum atomic E-state index is -0.382. The molecule has 0 aliphatic carbocycles. The number of esters is 1. The molecule has 0 saturated heterocycles. The maximum atomic E-state index is 11.5. The summed E-state index contributed by atoms with van der Waals surface area (Å²) in [6, 6.07) is 5.24. The molecule has 0 unspecified atom stereocenters. The van der Waals surface area contributed by atoms with Gasteiger partial charge in [0.1, 0.15) is 5.75 Å². The average Bonchev–Trinajstić information content (AvgIpc) is 2.26. The van der Waals surface area contributed by atoms with Crippen LogP contribution < -0.4 is 4.74 Å². The molecule has 1 rings (SSSR count). The molecule has 0 bridgehead atoms. The fourth-order valence-electron chi connectivity index (χ4n) is 1.14. The quantitative estimate of drug-likeness (QED) is 0.627. The molecule has 1 aromatic rings. The lowest BCUT2D eigenvalue weighted by Gasteiger charge is -2.10. The number of carbonyl (C=O) groups excluding carboxylic acids is 1. The highest BCUT2D eigenvalue weighted by Crippen LogP contribution is 2.33.